The summed E-state index contributed by atoms with van der Waals surface area (Å²) in [6.07, 6.45) is 0. The van der Waals surface area contributed by atoms with Crippen LogP contribution in [0.2, 0.25) is 0 Å². The van der Waals surface area contributed by atoms with Crippen molar-refractivity contribution in [3.8, 4) is 11.5 Å². The lowest BCUT2D eigenvalue weighted by atomic mass is 9.88. The van der Waals surface area contributed by atoms with Crippen molar-refractivity contribution in [2.24, 2.45) is 0 Å². The second-order valence-corrected chi connectivity index (χ2v) is 4.34. The van der Waals surface area contributed by atoms with Crippen LogP contribution in [0.25, 0.3) is 0 Å². The minimum absolute atomic E-state index is 0.355. The van der Waals surface area contributed by atoms with E-state index < -0.39 is 5.60 Å². The average Bonchev–Trinajstić information content (AvgIpc) is 2.25. The molecule has 2 aliphatic heterocycles. The molecular formula is C12H14O4. The first-order valence-corrected chi connectivity index (χ1v) is 5.40. The molecule has 0 radical (unpaired) electrons. The summed E-state index contributed by atoms with van der Waals surface area (Å²) in [4.78, 5) is 0. The molecule has 3 rings (SSSR count). The van der Waals surface area contributed by atoms with E-state index in [0.717, 1.165) is 16.9 Å². The van der Waals surface area contributed by atoms with Gasteiger partial charge in [-0.15, -0.1) is 0 Å². The molecule has 2 aliphatic rings. The molecule has 1 aromatic rings. The van der Waals surface area contributed by atoms with Crippen molar-refractivity contribution in [1.82, 2.24) is 0 Å². The molecule has 0 aromatic heterocycles. The van der Waals surface area contributed by atoms with E-state index >= 15 is 0 Å². The minimum Gasteiger partial charge on any atom is -0.486 e. The first kappa shape index (κ1) is 9.93. The van der Waals surface area contributed by atoms with Crippen molar-refractivity contribution in [3.05, 3.63) is 23.3 Å². The molecule has 0 atom stereocenters. The summed E-state index contributed by atoms with van der Waals surface area (Å²) in [6, 6.07) is 3.78. The molecule has 16 heavy (non-hydrogen) atoms. The normalized spacial score (nSPS) is 21.4. The lowest BCUT2D eigenvalue weighted by Gasteiger charge is -2.38. The van der Waals surface area contributed by atoms with E-state index in [9.17, 15) is 5.11 Å². The topological polar surface area (TPSA) is 47.9 Å². The van der Waals surface area contributed by atoms with E-state index in [1.165, 1.54) is 0 Å². The molecule has 0 aliphatic carbocycles. The van der Waals surface area contributed by atoms with Crippen LogP contribution < -0.4 is 9.47 Å². The van der Waals surface area contributed by atoms with Gasteiger partial charge in [0.05, 0.1) is 13.2 Å². The smallest absolute Gasteiger partial charge is 0.161 e. The number of benzene rings is 1. The highest BCUT2D eigenvalue weighted by Crippen LogP contribution is 2.39. The summed E-state index contributed by atoms with van der Waals surface area (Å²) in [5.74, 6) is 1.48. The molecule has 1 aromatic carbocycles. The Hall–Kier alpha value is -1.26. The lowest BCUT2D eigenvalue weighted by Crippen LogP contribution is -2.47. The number of ether oxygens (including phenoxy) is 3. The second-order valence-electron chi connectivity index (χ2n) is 4.34. The quantitative estimate of drug-likeness (QED) is 0.769. The maximum Gasteiger partial charge on any atom is 0.161 e. The molecule has 1 saturated heterocycles. The Morgan fingerprint density at radius 1 is 1.12 bits per heavy atom. The zero-order valence-electron chi connectivity index (χ0n) is 9.16. The third-order valence-corrected chi connectivity index (χ3v) is 3.07. The van der Waals surface area contributed by atoms with Gasteiger partial charge >= 0.3 is 0 Å². The third-order valence-electron chi connectivity index (χ3n) is 3.07. The predicted molar refractivity (Wildman–Crippen MR) is 56.9 cm³/mol. The fourth-order valence-electron chi connectivity index (χ4n) is 2.14. The van der Waals surface area contributed by atoms with E-state index in [0.29, 0.717) is 32.2 Å². The lowest BCUT2D eigenvalue weighted by molar-refractivity contribution is -0.185. The van der Waals surface area contributed by atoms with Gasteiger partial charge in [-0.05, 0) is 30.2 Å². The van der Waals surface area contributed by atoms with Gasteiger partial charge in [0.1, 0.15) is 18.8 Å². The second kappa shape index (κ2) is 3.37. The fourth-order valence-corrected chi connectivity index (χ4v) is 2.14. The highest BCUT2D eigenvalue weighted by atomic mass is 16.6. The van der Waals surface area contributed by atoms with Crippen molar-refractivity contribution >= 4 is 0 Å². The van der Waals surface area contributed by atoms with Crippen molar-refractivity contribution in [2.75, 3.05) is 26.4 Å². The maximum absolute atomic E-state index is 10.2. The number of aliphatic hydroxyl groups is 1. The molecule has 0 amide bonds. The molecule has 2 heterocycles. The summed E-state index contributed by atoms with van der Waals surface area (Å²) in [7, 11) is 0. The standard InChI is InChI=1S/C12H14O4/c1-8-4-10-11(16-3-2-15-10)5-9(8)12(13)6-14-7-12/h4-5,13H,2-3,6-7H2,1H3. The van der Waals surface area contributed by atoms with Crippen molar-refractivity contribution in [2.45, 2.75) is 12.5 Å². The first-order valence-electron chi connectivity index (χ1n) is 5.40. The van der Waals surface area contributed by atoms with Crippen LogP contribution in [0.3, 0.4) is 0 Å². The van der Waals surface area contributed by atoms with Crippen LogP contribution in [-0.2, 0) is 10.3 Å². The molecule has 1 fully saturated rings. The zero-order valence-corrected chi connectivity index (χ0v) is 9.16. The SMILES string of the molecule is Cc1cc2c(cc1C1(O)COC1)OCCO2. The number of fused-ring (bicyclic) bond motifs is 1. The summed E-state index contributed by atoms with van der Waals surface area (Å²) in [6.45, 7) is 3.81. The van der Waals surface area contributed by atoms with E-state index in [1.807, 2.05) is 19.1 Å². The van der Waals surface area contributed by atoms with E-state index in [2.05, 4.69) is 0 Å². The summed E-state index contributed by atoms with van der Waals surface area (Å²) in [5.41, 5.74) is 1.04. The summed E-state index contributed by atoms with van der Waals surface area (Å²) >= 11 is 0. The highest BCUT2D eigenvalue weighted by molar-refractivity contribution is 5.50. The summed E-state index contributed by atoms with van der Waals surface area (Å²) in [5, 5.41) is 10.2. The molecule has 0 spiro atoms. The first-order chi connectivity index (χ1) is 7.69. The van der Waals surface area contributed by atoms with E-state index in [-0.39, 0.29) is 0 Å². The molecule has 0 saturated carbocycles. The van der Waals surface area contributed by atoms with Gasteiger partial charge in [0.25, 0.3) is 0 Å². The van der Waals surface area contributed by atoms with Crippen LogP contribution in [0.1, 0.15) is 11.1 Å². The van der Waals surface area contributed by atoms with Crippen molar-refractivity contribution < 1.29 is 19.3 Å². The van der Waals surface area contributed by atoms with Crippen LogP contribution in [0.4, 0.5) is 0 Å². The summed E-state index contributed by atoms with van der Waals surface area (Å²) < 4.78 is 16.1. The Kier molecular flexibility index (Phi) is 2.09. The highest BCUT2D eigenvalue weighted by Gasteiger charge is 2.39. The maximum atomic E-state index is 10.2. The van der Waals surface area contributed by atoms with Crippen LogP contribution in [0.15, 0.2) is 12.1 Å². The van der Waals surface area contributed by atoms with Gasteiger partial charge in [-0.25, -0.2) is 0 Å². The van der Waals surface area contributed by atoms with Gasteiger partial charge in [0, 0.05) is 0 Å². The molecule has 4 nitrogen and oxygen atoms in total. The zero-order chi connectivity index (χ0) is 11.2. The number of rotatable bonds is 1. The van der Waals surface area contributed by atoms with Gasteiger partial charge in [-0.3, -0.25) is 0 Å². The number of hydrogen-bond donors (Lipinski definition) is 1. The molecular weight excluding hydrogens is 208 g/mol. The van der Waals surface area contributed by atoms with Crippen molar-refractivity contribution in [3.63, 3.8) is 0 Å². The third kappa shape index (κ3) is 1.37. The van der Waals surface area contributed by atoms with Crippen molar-refractivity contribution in [1.29, 1.82) is 0 Å². The fraction of sp³-hybridized carbons (Fsp3) is 0.500. The van der Waals surface area contributed by atoms with Gasteiger partial charge in [0.2, 0.25) is 0 Å². The van der Waals surface area contributed by atoms with E-state index in [1.54, 1.807) is 0 Å². The Morgan fingerprint density at radius 3 is 2.31 bits per heavy atom. The van der Waals surface area contributed by atoms with Gasteiger partial charge in [-0.1, -0.05) is 0 Å². The van der Waals surface area contributed by atoms with Crippen LogP contribution in [0, 0.1) is 6.92 Å². The molecule has 86 valence electrons. The molecule has 0 unspecified atom stereocenters. The average molecular weight is 222 g/mol. The number of hydrogen-bond acceptors (Lipinski definition) is 4. The molecule has 4 heteroatoms. The Bertz CT molecular complexity index is 423. The van der Waals surface area contributed by atoms with Gasteiger partial charge in [0.15, 0.2) is 11.5 Å². The molecule has 1 N–H and O–H groups in total. The van der Waals surface area contributed by atoms with Crippen LogP contribution in [-0.4, -0.2) is 31.5 Å². The Labute approximate surface area is 93.7 Å². The Morgan fingerprint density at radius 2 is 1.75 bits per heavy atom. The van der Waals surface area contributed by atoms with E-state index in [4.69, 9.17) is 14.2 Å². The largest absolute Gasteiger partial charge is 0.486 e. The van der Waals surface area contributed by atoms with Crippen LogP contribution in [0.5, 0.6) is 11.5 Å². The Balaban J connectivity index is 2.05. The minimum atomic E-state index is -0.847. The van der Waals surface area contributed by atoms with Gasteiger partial charge < -0.3 is 19.3 Å². The van der Waals surface area contributed by atoms with Gasteiger partial charge in [-0.2, -0.15) is 0 Å². The van der Waals surface area contributed by atoms with Crippen LogP contribution >= 0.6 is 0 Å². The number of aryl methyl sites for hydroxylation is 1. The predicted octanol–water partition coefficient (Wildman–Crippen LogP) is 0.984. The molecule has 0 bridgehead atoms. The monoisotopic (exact) mass is 222 g/mol.